The molecule has 0 aliphatic carbocycles. The van der Waals surface area contributed by atoms with E-state index in [1.165, 1.54) is 6.07 Å². The first-order valence-electron chi connectivity index (χ1n) is 5.11. The molecule has 8 heteroatoms. The molecule has 0 fully saturated rings. The summed E-state index contributed by atoms with van der Waals surface area (Å²) < 4.78 is 63.8. The maximum Gasteiger partial charge on any atom is 0.405 e. The van der Waals surface area contributed by atoms with Crippen LogP contribution in [0.3, 0.4) is 0 Å². The van der Waals surface area contributed by atoms with Crippen LogP contribution in [-0.4, -0.2) is 31.0 Å². The van der Waals surface area contributed by atoms with Crippen molar-refractivity contribution in [3.05, 3.63) is 29.3 Å². The van der Waals surface area contributed by atoms with Crippen LogP contribution in [0.4, 0.5) is 27.6 Å². The van der Waals surface area contributed by atoms with E-state index < -0.39 is 48.8 Å². The maximum atomic E-state index is 13.6. The summed E-state index contributed by atoms with van der Waals surface area (Å²) in [6.45, 7) is -2.70. The first-order chi connectivity index (χ1) is 8.80. The molecule has 0 saturated carbocycles. The number of aliphatic hydroxyl groups excluding tert-OH is 1. The molecule has 0 heterocycles. The second kappa shape index (κ2) is 5.84. The van der Waals surface area contributed by atoms with Gasteiger partial charge in [0.15, 0.2) is 11.6 Å². The Balaban J connectivity index is 3.17. The van der Waals surface area contributed by atoms with E-state index in [0.717, 1.165) is 12.1 Å². The van der Waals surface area contributed by atoms with E-state index in [4.69, 9.17) is 10.4 Å². The predicted molar refractivity (Wildman–Crippen MR) is 56.4 cm³/mol. The molecule has 1 rings (SSSR count). The van der Waals surface area contributed by atoms with E-state index in [9.17, 15) is 22.0 Å². The Labute approximate surface area is 105 Å². The van der Waals surface area contributed by atoms with Crippen LogP contribution < -0.4 is 4.90 Å². The third kappa shape index (κ3) is 3.79. The summed E-state index contributed by atoms with van der Waals surface area (Å²) in [5, 5.41) is 17.2. The van der Waals surface area contributed by atoms with Gasteiger partial charge >= 0.3 is 6.18 Å². The van der Waals surface area contributed by atoms with E-state index >= 15 is 0 Å². The zero-order valence-corrected chi connectivity index (χ0v) is 9.51. The van der Waals surface area contributed by atoms with E-state index in [1.807, 2.05) is 0 Å². The molecule has 0 radical (unpaired) electrons. The van der Waals surface area contributed by atoms with Gasteiger partial charge in [0.1, 0.15) is 12.6 Å². The maximum absolute atomic E-state index is 13.6. The molecular formula is C11H9F5N2O. The Hall–Kier alpha value is -1.88. The summed E-state index contributed by atoms with van der Waals surface area (Å²) in [7, 11) is 0. The number of alkyl halides is 3. The lowest BCUT2D eigenvalue weighted by Crippen LogP contribution is -2.37. The first-order valence-corrected chi connectivity index (χ1v) is 5.11. The second-order valence-corrected chi connectivity index (χ2v) is 3.63. The highest BCUT2D eigenvalue weighted by Gasteiger charge is 2.32. The van der Waals surface area contributed by atoms with Crippen molar-refractivity contribution in [3.8, 4) is 6.07 Å². The summed E-state index contributed by atoms with van der Waals surface area (Å²) in [5.74, 6) is -3.05. The predicted octanol–water partition coefficient (Wildman–Crippen LogP) is 2.20. The van der Waals surface area contributed by atoms with Crippen LogP contribution >= 0.6 is 0 Å². The number of benzene rings is 1. The van der Waals surface area contributed by atoms with Crippen LogP contribution in [0.25, 0.3) is 0 Å². The van der Waals surface area contributed by atoms with Crippen LogP contribution in [0, 0.1) is 23.0 Å². The lowest BCUT2D eigenvalue weighted by atomic mass is 10.2. The number of halogens is 5. The Bertz CT molecular complexity index is 495. The number of anilines is 1. The zero-order valence-electron chi connectivity index (χ0n) is 9.51. The molecule has 0 bridgehead atoms. The van der Waals surface area contributed by atoms with Crippen molar-refractivity contribution in [2.75, 3.05) is 24.6 Å². The zero-order chi connectivity index (χ0) is 14.6. The molecule has 0 aliphatic rings. The molecule has 0 saturated heterocycles. The van der Waals surface area contributed by atoms with Gasteiger partial charge in [-0.15, -0.1) is 0 Å². The minimum atomic E-state index is -4.63. The molecule has 3 nitrogen and oxygen atoms in total. The molecule has 0 amide bonds. The fraction of sp³-hybridized carbons (Fsp3) is 0.364. The Kier molecular flexibility index (Phi) is 4.67. The number of rotatable bonds is 4. The largest absolute Gasteiger partial charge is 0.405 e. The van der Waals surface area contributed by atoms with Crippen molar-refractivity contribution < 1.29 is 27.1 Å². The summed E-state index contributed by atoms with van der Waals surface area (Å²) in [6, 6.07) is 3.13. The smallest absolute Gasteiger partial charge is 0.395 e. The molecule has 0 unspecified atom stereocenters. The van der Waals surface area contributed by atoms with Gasteiger partial charge in [-0.1, -0.05) is 0 Å². The fourth-order valence-corrected chi connectivity index (χ4v) is 1.49. The number of aliphatic hydroxyl groups is 1. The van der Waals surface area contributed by atoms with Crippen LogP contribution in [0.1, 0.15) is 5.56 Å². The Morgan fingerprint density at radius 2 is 1.84 bits per heavy atom. The Morgan fingerprint density at radius 1 is 1.21 bits per heavy atom. The Morgan fingerprint density at radius 3 is 2.32 bits per heavy atom. The second-order valence-electron chi connectivity index (χ2n) is 3.63. The number of hydrogen-bond donors (Lipinski definition) is 1. The van der Waals surface area contributed by atoms with Crippen molar-refractivity contribution in [3.63, 3.8) is 0 Å². The minimum absolute atomic E-state index is 0.458. The van der Waals surface area contributed by atoms with E-state index in [2.05, 4.69) is 0 Å². The van der Waals surface area contributed by atoms with Crippen molar-refractivity contribution in [1.82, 2.24) is 0 Å². The molecule has 0 atom stereocenters. The van der Waals surface area contributed by atoms with Gasteiger partial charge in [0.2, 0.25) is 0 Å². The van der Waals surface area contributed by atoms with Crippen LogP contribution in [0.5, 0.6) is 0 Å². The highest BCUT2D eigenvalue weighted by atomic mass is 19.4. The lowest BCUT2D eigenvalue weighted by Gasteiger charge is -2.25. The molecule has 1 aromatic rings. The highest BCUT2D eigenvalue weighted by Crippen LogP contribution is 2.27. The van der Waals surface area contributed by atoms with Gasteiger partial charge in [-0.3, -0.25) is 0 Å². The van der Waals surface area contributed by atoms with E-state index in [-0.39, 0.29) is 0 Å². The quantitative estimate of drug-likeness (QED) is 0.860. The van der Waals surface area contributed by atoms with Gasteiger partial charge in [0, 0.05) is 6.54 Å². The minimum Gasteiger partial charge on any atom is -0.395 e. The van der Waals surface area contributed by atoms with Gasteiger partial charge in [-0.2, -0.15) is 18.4 Å². The average molecular weight is 280 g/mol. The van der Waals surface area contributed by atoms with Crippen molar-refractivity contribution in [1.29, 1.82) is 5.26 Å². The summed E-state index contributed by atoms with van der Waals surface area (Å²) in [4.78, 5) is 0.458. The van der Waals surface area contributed by atoms with E-state index in [0.29, 0.717) is 4.90 Å². The van der Waals surface area contributed by atoms with Crippen LogP contribution in [-0.2, 0) is 0 Å². The summed E-state index contributed by atoms with van der Waals surface area (Å²) >= 11 is 0. The van der Waals surface area contributed by atoms with Gasteiger partial charge in [-0.25, -0.2) is 8.78 Å². The summed E-state index contributed by atoms with van der Waals surface area (Å²) in [6.07, 6.45) is -4.63. The molecule has 1 aromatic carbocycles. The normalized spacial score (nSPS) is 11.2. The summed E-state index contributed by atoms with van der Waals surface area (Å²) in [5.41, 5.74) is -1.25. The third-order valence-electron chi connectivity index (χ3n) is 2.26. The van der Waals surface area contributed by atoms with Crippen LogP contribution in [0.2, 0.25) is 0 Å². The average Bonchev–Trinajstić information content (AvgIpc) is 2.30. The highest BCUT2D eigenvalue weighted by molar-refractivity contribution is 5.52. The molecule has 0 spiro atoms. The van der Waals surface area contributed by atoms with Crippen molar-refractivity contribution >= 4 is 5.69 Å². The lowest BCUT2D eigenvalue weighted by molar-refractivity contribution is -0.119. The SMILES string of the molecule is N#Cc1ccc(N(CCO)CC(F)(F)F)c(F)c1F. The van der Waals surface area contributed by atoms with Crippen LogP contribution in [0.15, 0.2) is 12.1 Å². The standard InChI is InChI=1S/C11H9F5N2O/c12-9-7(5-17)1-2-8(10(9)13)18(3-4-19)6-11(14,15)16/h1-2,19H,3-4,6H2. The van der Waals surface area contributed by atoms with Gasteiger partial charge in [0.05, 0.1) is 17.9 Å². The monoisotopic (exact) mass is 280 g/mol. The molecule has 1 N–H and O–H groups in total. The molecular weight excluding hydrogens is 271 g/mol. The van der Waals surface area contributed by atoms with E-state index in [1.54, 1.807) is 0 Å². The fourth-order valence-electron chi connectivity index (χ4n) is 1.49. The topological polar surface area (TPSA) is 47.3 Å². The van der Waals surface area contributed by atoms with Gasteiger partial charge in [-0.05, 0) is 12.1 Å². The molecule has 19 heavy (non-hydrogen) atoms. The first kappa shape index (κ1) is 15.2. The van der Waals surface area contributed by atoms with Gasteiger partial charge in [0.25, 0.3) is 0 Å². The molecule has 0 aliphatic heterocycles. The number of nitriles is 1. The molecule has 104 valence electrons. The van der Waals surface area contributed by atoms with Crippen molar-refractivity contribution in [2.45, 2.75) is 6.18 Å². The third-order valence-corrected chi connectivity index (χ3v) is 2.26. The molecule has 0 aromatic heterocycles. The number of nitrogens with zero attached hydrogens (tertiary/aromatic N) is 2. The van der Waals surface area contributed by atoms with Crippen molar-refractivity contribution in [2.24, 2.45) is 0 Å². The van der Waals surface area contributed by atoms with Gasteiger partial charge < -0.3 is 10.0 Å². The number of hydrogen-bond acceptors (Lipinski definition) is 3.